The predicted molar refractivity (Wildman–Crippen MR) is 85.6 cm³/mol. The number of carbonyl (C=O) groups excluding carboxylic acids is 1. The van der Waals surface area contributed by atoms with E-state index < -0.39 is 10.0 Å². The maximum Gasteiger partial charge on any atom is 0.238 e. The molecule has 1 aromatic rings. The van der Waals surface area contributed by atoms with Crippen molar-refractivity contribution in [2.24, 2.45) is 11.1 Å². The smallest absolute Gasteiger partial charge is 0.238 e. The van der Waals surface area contributed by atoms with Crippen LogP contribution in [0.25, 0.3) is 0 Å². The average Bonchev–Trinajstić information content (AvgIpc) is 2.97. The van der Waals surface area contributed by atoms with E-state index in [1.54, 1.807) is 12.1 Å². The van der Waals surface area contributed by atoms with Crippen LogP contribution in [0, 0.1) is 5.92 Å². The van der Waals surface area contributed by atoms with Crippen LogP contribution < -0.4 is 10.5 Å². The molecule has 1 aromatic carbocycles. The Balaban J connectivity index is 1.90. The molecular weight excluding hydrogens is 300 g/mol. The summed E-state index contributed by atoms with van der Waals surface area (Å²) in [5.41, 5.74) is 0.737. The molecule has 0 saturated heterocycles. The van der Waals surface area contributed by atoms with Crippen molar-refractivity contribution in [2.75, 3.05) is 0 Å². The van der Waals surface area contributed by atoms with Gasteiger partial charge in [0, 0.05) is 6.42 Å². The normalized spacial score (nSPS) is 17.4. The van der Waals surface area contributed by atoms with Crippen LogP contribution in [0.15, 0.2) is 29.2 Å². The van der Waals surface area contributed by atoms with E-state index in [-0.39, 0.29) is 16.8 Å². The van der Waals surface area contributed by atoms with Crippen molar-refractivity contribution in [3.05, 3.63) is 29.8 Å². The summed E-state index contributed by atoms with van der Waals surface area (Å²) in [6.45, 7) is 1.84. The lowest BCUT2D eigenvalue weighted by molar-refractivity contribution is -0.122. The first-order chi connectivity index (χ1) is 10.4. The van der Waals surface area contributed by atoms with Crippen LogP contribution in [0.1, 0.15) is 57.1 Å². The van der Waals surface area contributed by atoms with Crippen LogP contribution in [0.2, 0.25) is 0 Å². The Kier molecular flexibility index (Phi) is 5.58. The highest BCUT2D eigenvalue weighted by Crippen LogP contribution is 2.28. The zero-order valence-corrected chi connectivity index (χ0v) is 13.7. The summed E-state index contributed by atoms with van der Waals surface area (Å²) in [5, 5.41) is 8.05. The Bertz CT molecular complexity index is 622. The van der Waals surface area contributed by atoms with Crippen molar-refractivity contribution in [2.45, 2.75) is 56.4 Å². The summed E-state index contributed by atoms with van der Waals surface area (Å²) in [4.78, 5) is 12.1. The monoisotopic (exact) mass is 324 g/mol. The number of rotatable bonds is 6. The van der Waals surface area contributed by atoms with E-state index in [1.165, 1.54) is 37.8 Å². The minimum absolute atomic E-state index is 0.0143. The highest BCUT2D eigenvalue weighted by atomic mass is 32.2. The average molecular weight is 324 g/mol. The van der Waals surface area contributed by atoms with Crippen LogP contribution in [0.3, 0.4) is 0 Å². The summed E-state index contributed by atoms with van der Waals surface area (Å²) < 4.78 is 22.7. The molecule has 1 atom stereocenters. The van der Waals surface area contributed by atoms with E-state index in [2.05, 4.69) is 5.32 Å². The van der Waals surface area contributed by atoms with E-state index in [1.807, 2.05) is 6.92 Å². The number of hydrogen-bond acceptors (Lipinski definition) is 3. The van der Waals surface area contributed by atoms with Crippen LogP contribution in [-0.4, -0.2) is 14.3 Å². The Morgan fingerprint density at radius 2 is 2.05 bits per heavy atom. The minimum Gasteiger partial charge on any atom is -0.350 e. The highest BCUT2D eigenvalue weighted by Gasteiger charge is 2.17. The molecule has 1 unspecified atom stereocenters. The Morgan fingerprint density at radius 3 is 2.68 bits per heavy atom. The van der Waals surface area contributed by atoms with Crippen LogP contribution in [0.4, 0.5) is 0 Å². The molecule has 5 nitrogen and oxygen atoms in total. The van der Waals surface area contributed by atoms with E-state index in [0.717, 1.165) is 12.0 Å². The lowest BCUT2D eigenvalue weighted by Gasteiger charge is -2.16. The topological polar surface area (TPSA) is 89.3 Å². The first-order valence-corrected chi connectivity index (χ1v) is 9.33. The lowest BCUT2D eigenvalue weighted by atomic mass is 10.0. The molecule has 122 valence electrons. The fourth-order valence-electron chi connectivity index (χ4n) is 2.99. The number of carbonyl (C=O) groups is 1. The lowest BCUT2D eigenvalue weighted by Crippen LogP contribution is -2.27. The summed E-state index contributed by atoms with van der Waals surface area (Å²) in [7, 11) is -3.72. The number of hydrogen-bond donors (Lipinski definition) is 2. The van der Waals surface area contributed by atoms with Gasteiger partial charge in [0.15, 0.2) is 0 Å². The van der Waals surface area contributed by atoms with Crippen molar-refractivity contribution in [1.29, 1.82) is 0 Å². The molecule has 6 heteroatoms. The number of primary sulfonamides is 1. The molecule has 1 saturated carbocycles. The molecule has 0 aliphatic heterocycles. The standard InChI is InChI=1S/C16H24N2O3S/c1-12(14-7-4-8-15(11-14)22(17,20)21)18-16(19)10-9-13-5-2-3-6-13/h4,7-8,11-13H,2-3,5-6,9-10H2,1H3,(H,18,19)(H2,17,20,21). The number of nitrogens with one attached hydrogen (secondary N) is 1. The Hall–Kier alpha value is -1.40. The van der Waals surface area contributed by atoms with Gasteiger partial charge in [-0.2, -0.15) is 0 Å². The van der Waals surface area contributed by atoms with Gasteiger partial charge in [-0.05, 0) is 37.0 Å². The van der Waals surface area contributed by atoms with Gasteiger partial charge in [-0.1, -0.05) is 37.8 Å². The quantitative estimate of drug-likeness (QED) is 0.842. The molecule has 0 radical (unpaired) electrons. The van der Waals surface area contributed by atoms with Gasteiger partial charge in [0.2, 0.25) is 15.9 Å². The third-order valence-electron chi connectivity index (χ3n) is 4.32. The maximum atomic E-state index is 12.0. The van der Waals surface area contributed by atoms with Gasteiger partial charge >= 0.3 is 0 Å². The SMILES string of the molecule is CC(NC(=O)CCC1CCCC1)c1cccc(S(N)(=O)=O)c1. The molecule has 1 aliphatic carbocycles. The van der Waals surface area contributed by atoms with Gasteiger partial charge < -0.3 is 5.32 Å². The number of amides is 1. The summed E-state index contributed by atoms with van der Waals surface area (Å²) >= 11 is 0. The van der Waals surface area contributed by atoms with Gasteiger partial charge in [-0.25, -0.2) is 13.6 Å². The maximum absolute atomic E-state index is 12.0. The second-order valence-electron chi connectivity index (χ2n) is 6.10. The van der Waals surface area contributed by atoms with Crippen molar-refractivity contribution < 1.29 is 13.2 Å². The molecule has 1 aliphatic rings. The predicted octanol–water partition coefficient (Wildman–Crippen LogP) is 2.48. The number of sulfonamides is 1. The molecule has 3 N–H and O–H groups in total. The van der Waals surface area contributed by atoms with Gasteiger partial charge in [0.1, 0.15) is 0 Å². The second kappa shape index (κ2) is 7.24. The fraction of sp³-hybridized carbons (Fsp3) is 0.562. The minimum atomic E-state index is -3.72. The summed E-state index contributed by atoms with van der Waals surface area (Å²) in [5.74, 6) is 0.701. The fourth-order valence-corrected chi connectivity index (χ4v) is 3.56. The zero-order valence-electron chi connectivity index (χ0n) is 12.9. The largest absolute Gasteiger partial charge is 0.350 e. The van der Waals surface area contributed by atoms with Gasteiger partial charge in [0.05, 0.1) is 10.9 Å². The molecule has 0 aromatic heterocycles. The van der Waals surface area contributed by atoms with Crippen molar-refractivity contribution in [3.63, 3.8) is 0 Å². The van der Waals surface area contributed by atoms with Gasteiger partial charge in [-0.15, -0.1) is 0 Å². The third-order valence-corrected chi connectivity index (χ3v) is 5.23. The zero-order chi connectivity index (χ0) is 16.2. The van der Waals surface area contributed by atoms with Crippen molar-refractivity contribution in [1.82, 2.24) is 5.32 Å². The highest BCUT2D eigenvalue weighted by molar-refractivity contribution is 7.89. The number of benzene rings is 1. The number of nitrogens with two attached hydrogens (primary N) is 1. The Morgan fingerprint density at radius 1 is 1.36 bits per heavy atom. The molecule has 0 bridgehead atoms. The Labute approximate surface area is 132 Å². The van der Waals surface area contributed by atoms with E-state index >= 15 is 0 Å². The van der Waals surface area contributed by atoms with Crippen LogP contribution >= 0.6 is 0 Å². The molecule has 1 fully saturated rings. The van der Waals surface area contributed by atoms with E-state index in [0.29, 0.717) is 12.3 Å². The van der Waals surface area contributed by atoms with Gasteiger partial charge in [-0.3, -0.25) is 4.79 Å². The van der Waals surface area contributed by atoms with E-state index in [9.17, 15) is 13.2 Å². The molecular formula is C16H24N2O3S. The van der Waals surface area contributed by atoms with E-state index in [4.69, 9.17) is 5.14 Å². The molecule has 2 rings (SSSR count). The van der Waals surface area contributed by atoms with Gasteiger partial charge in [0.25, 0.3) is 0 Å². The first-order valence-electron chi connectivity index (χ1n) is 7.78. The van der Waals surface area contributed by atoms with Crippen LogP contribution in [0.5, 0.6) is 0 Å². The third kappa shape index (κ3) is 4.81. The van der Waals surface area contributed by atoms with Crippen molar-refractivity contribution >= 4 is 15.9 Å². The second-order valence-corrected chi connectivity index (χ2v) is 7.66. The summed E-state index contributed by atoms with van der Waals surface area (Å²) in [6, 6.07) is 6.15. The molecule has 0 heterocycles. The molecule has 0 spiro atoms. The first kappa shape index (κ1) is 17.0. The summed E-state index contributed by atoms with van der Waals surface area (Å²) in [6.07, 6.45) is 6.50. The van der Waals surface area contributed by atoms with Crippen LogP contribution in [-0.2, 0) is 14.8 Å². The molecule has 1 amide bonds. The van der Waals surface area contributed by atoms with Crippen molar-refractivity contribution in [3.8, 4) is 0 Å². The molecule has 22 heavy (non-hydrogen) atoms.